The van der Waals surface area contributed by atoms with Gasteiger partial charge >= 0.3 is 12.2 Å². The maximum atomic E-state index is 12.2. The molecule has 27 heavy (non-hydrogen) atoms. The lowest BCUT2D eigenvalue weighted by Crippen LogP contribution is -2.35. The molecule has 0 bridgehead atoms. The molecule has 1 aromatic carbocycles. The van der Waals surface area contributed by atoms with Gasteiger partial charge in [-0.15, -0.1) is 35.0 Å². The zero-order valence-corrected chi connectivity index (χ0v) is 17.1. The number of benzene rings is 1. The molecule has 152 valence electrons. The number of para-hydroxylation sites is 1. The van der Waals surface area contributed by atoms with Crippen molar-refractivity contribution in [1.29, 1.82) is 0 Å². The van der Waals surface area contributed by atoms with E-state index in [2.05, 4.69) is 10.6 Å². The molecule has 1 atom stereocenters. The fraction of sp³-hybridized carbons (Fsp3) is 0.588. The van der Waals surface area contributed by atoms with Crippen molar-refractivity contribution >= 4 is 46.7 Å². The van der Waals surface area contributed by atoms with Gasteiger partial charge in [-0.05, 0) is 38.6 Å². The van der Waals surface area contributed by atoms with E-state index in [1.54, 1.807) is 17.8 Å². The Kier molecular flexibility index (Phi) is 7.97. The lowest BCUT2D eigenvalue weighted by atomic mass is 10.3. The Balaban J connectivity index is 1.71. The second-order valence-electron chi connectivity index (χ2n) is 6.56. The third-order valence-electron chi connectivity index (χ3n) is 3.98. The van der Waals surface area contributed by atoms with Crippen LogP contribution in [0.5, 0.6) is 0 Å². The Labute approximate surface area is 171 Å². The molecule has 0 radical (unpaired) electrons. The average Bonchev–Trinajstić information content (AvgIpc) is 3.16. The van der Waals surface area contributed by atoms with Gasteiger partial charge in [0, 0.05) is 23.1 Å². The van der Waals surface area contributed by atoms with Crippen molar-refractivity contribution in [3.05, 3.63) is 24.3 Å². The Hall–Kier alpha value is -0.830. The second-order valence-corrected chi connectivity index (χ2v) is 9.16. The minimum Gasteiger partial charge on any atom is -0.338 e. The van der Waals surface area contributed by atoms with E-state index in [9.17, 15) is 18.0 Å². The maximum Gasteiger partial charge on any atom is 0.401 e. The first-order chi connectivity index (χ1) is 12.6. The van der Waals surface area contributed by atoms with Gasteiger partial charge in [0.2, 0.25) is 0 Å². The molecule has 4 nitrogen and oxygen atoms in total. The predicted molar refractivity (Wildman–Crippen MR) is 105 cm³/mol. The van der Waals surface area contributed by atoms with Crippen LogP contribution in [0, 0.1) is 5.92 Å². The number of carbonyl (C=O) groups excluding carboxylic acids is 1. The number of thioether (sulfide) groups is 1. The Morgan fingerprint density at radius 3 is 2.67 bits per heavy atom. The van der Waals surface area contributed by atoms with Gasteiger partial charge in [-0.1, -0.05) is 12.1 Å². The molecule has 0 aromatic heterocycles. The molecular formula is C17H22Cl2F3N3OS. The number of anilines is 1. The number of halogens is 5. The molecule has 0 spiro atoms. The molecule has 0 aliphatic heterocycles. The highest BCUT2D eigenvalue weighted by atomic mass is 35.5. The van der Waals surface area contributed by atoms with E-state index < -0.39 is 23.1 Å². The number of alkyl halides is 5. The molecule has 1 aliphatic carbocycles. The predicted octanol–water partition coefficient (Wildman–Crippen LogP) is 4.98. The number of nitrogens with zero attached hydrogens (tertiary/aromatic N) is 1. The molecule has 0 heterocycles. The highest BCUT2D eigenvalue weighted by Gasteiger charge is 2.51. The van der Waals surface area contributed by atoms with Gasteiger partial charge in [0.25, 0.3) is 0 Å². The molecular weight excluding hydrogens is 422 g/mol. The number of hydrogen-bond donors (Lipinski definition) is 2. The summed E-state index contributed by atoms with van der Waals surface area (Å²) in [6.07, 6.45) is -3.03. The van der Waals surface area contributed by atoms with E-state index in [0.29, 0.717) is 12.1 Å². The molecule has 2 rings (SSSR count). The summed E-state index contributed by atoms with van der Waals surface area (Å²) < 4.78 is 36.1. The molecule has 2 N–H and O–H groups in total. The van der Waals surface area contributed by atoms with Gasteiger partial charge in [0.1, 0.15) is 4.33 Å². The largest absolute Gasteiger partial charge is 0.401 e. The smallest absolute Gasteiger partial charge is 0.338 e. The van der Waals surface area contributed by atoms with Crippen molar-refractivity contribution in [3.63, 3.8) is 0 Å². The number of hydrogen-bond acceptors (Lipinski definition) is 3. The number of urea groups is 1. The Bertz CT molecular complexity index is 646. The topological polar surface area (TPSA) is 44.4 Å². The van der Waals surface area contributed by atoms with Gasteiger partial charge in [-0.2, -0.15) is 13.2 Å². The SMILES string of the molecule is CN(CCCNC(=O)Nc1ccccc1SCC1CC1(Cl)Cl)CC(F)(F)F. The van der Waals surface area contributed by atoms with Crippen LogP contribution in [0.3, 0.4) is 0 Å². The van der Waals surface area contributed by atoms with Gasteiger partial charge in [-0.3, -0.25) is 4.90 Å². The fourth-order valence-corrected chi connectivity index (χ4v) is 4.38. The van der Waals surface area contributed by atoms with Crippen molar-refractivity contribution in [3.8, 4) is 0 Å². The summed E-state index contributed by atoms with van der Waals surface area (Å²) in [5.41, 5.74) is 0.671. The lowest BCUT2D eigenvalue weighted by molar-refractivity contribution is -0.143. The summed E-state index contributed by atoms with van der Waals surface area (Å²) in [7, 11) is 1.40. The highest BCUT2D eigenvalue weighted by Crippen LogP contribution is 2.55. The summed E-state index contributed by atoms with van der Waals surface area (Å²) in [6, 6.07) is 7.00. The van der Waals surface area contributed by atoms with Crippen LogP contribution in [0.1, 0.15) is 12.8 Å². The second kappa shape index (κ2) is 9.58. The Morgan fingerprint density at radius 1 is 1.37 bits per heavy atom. The molecule has 1 unspecified atom stereocenters. The van der Waals surface area contributed by atoms with E-state index in [4.69, 9.17) is 23.2 Å². The summed E-state index contributed by atoms with van der Waals surface area (Å²) in [4.78, 5) is 14.1. The third-order valence-corrected chi connectivity index (χ3v) is 6.14. The standard InChI is InChI=1S/C17H22Cl2F3N3OS/c1-25(11-17(20,21)22)8-4-7-23-15(26)24-13-5-2-3-6-14(13)27-10-12-9-16(12,18)19/h2-3,5-6,12H,4,7-11H2,1H3,(H2,23,24,26). The summed E-state index contributed by atoms with van der Waals surface area (Å²) in [6.45, 7) is -0.435. The van der Waals surface area contributed by atoms with Gasteiger partial charge < -0.3 is 10.6 Å². The van der Waals surface area contributed by atoms with Crippen molar-refractivity contribution in [1.82, 2.24) is 10.2 Å². The molecule has 1 saturated carbocycles. The van der Waals surface area contributed by atoms with Gasteiger partial charge in [0.15, 0.2) is 0 Å². The van der Waals surface area contributed by atoms with Crippen LogP contribution in [0.25, 0.3) is 0 Å². The first-order valence-electron chi connectivity index (χ1n) is 8.46. The van der Waals surface area contributed by atoms with E-state index in [0.717, 1.165) is 17.1 Å². The van der Waals surface area contributed by atoms with Crippen LogP contribution in [-0.4, -0.2) is 53.9 Å². The monoisotopic (exact) mass is 443 g/mol. The van der Waals surface area contributed by atoms with Crippen LogP contribution in [0.15, 0.2) is 29.2 Å². The number of carbonyl (C=O) groups is 1. The highest BCUT2D eigenvalue weighted by molar-refractivity contribution is 7.99. The summed E-state index contributed by atoms with van der Waals surface area (Å²) in [5.74, 6) is 1.00. The van der Waals surface area contributed by atoms with Crippen molar-refractivity contribution in [2.75, 3.05) is 37.8 Å². The van der Waals surface area contributed by atoms with E-state index in [1.165, 1.54) is 11.9 Å². The van der Waals surface area contributed by atoms with Crippen LogP contribution in [0.2, 0.25) is 0 Å². The molecule has 10 heteroatoms. The lowest BCUT2D eigenvalue weighted by Gasteiger charge is -2.18. The number of nitrogens with one attached hydrogen (secondary N) is 2. The minimum absolute atomic E-state index is 0.237. The number of amides is 2. The van der Waals surface area contributed by atoms with Crippen LogP contribution >= 0.6 is 35.0 Å². The normalized spacial score (nSPS) is 18.4. The van der Waals surface area contributed by atoms with Crippen molar-refractivity contribution < 1.29 is 18.0 Å². The zero-order valence-electron chi connectivity index (χ0n) is 14.8. The molecule has 1 aliphatic rings. The molecule has 0 saturated heterocycles. The zero-order chi connectivity index (χ0) is 20.1. The van der Waals surface area contributed by atoms with E-state index in [1.807, 2.05) is 18.2 Å². The first-order valence-corrected chi connectivity index (χ1v) is 10.2. The molecule has 2 amide bonds. The van der Waals surface area contributed by atoms with Crippen LogP contribution in [0.4, 0.5) is 23.7 Å². The third kappa shape index (κ3) is 8.37. The quantitative estimate of drug-likeness (QED) is 0.321. The molecule has 1 fully saturated rings. The van der Waals surface area contributed by atoms with Gasteiger partial charge in [-0.25, -0.2) is 4.79 Å². The number of rotatable bonds is 9. The minimum atomic E-state index is -4.21. The van der Waals surface area contributed by atoms with Crippen LogP contribution < -0.4 is 10.6 Å². The Morgan fingerprint density at radius 2 is 2.04 bits per heavy atom. The summed E-state index contributed by atoms with van der Waals surface area (Å²) >= 11 is 13.6. The van der Waals surface area contributed by atoms with Gasteiger partial charge in [0.05, 0.1) is 12.2 Å². The van der Waals surface area contributed by atoms with Crippen LogP contribution in [-0.2, 0) is 0 Å². The van der Waals surface area contributed by atoms with E-state index in [-0.39, 0.29) is 19.0 Å². The molecule has 1 aromatic rings. The van der Waals surface area contributed by atoms with Crippen molar-refractivity contribution in [2.24, 2.45) is 5.92 Å². The average molecular weight is 444 g/mol. The van der Waals surface area contributed by atoms with E-state index >= 15 is 0 Å². The first kappa shape index (κ1) is 22.5. The maximum absolute atomic E-state index is 12.2. The van der Waals surface area contributed by atoms with Crippen molar-refractivity contribution in [2.45, 2.75) is 28.2 Å². The summed E-state index contributed by atoms with van der Waals surface area (Å²) in [5, 5.41) is 5.43. The fourth-order valence-electron chi connectivity index (χ4n) is 2.44.